The van der Waals surface area contributed by atoms with Crippen LogP contribution in [-0.2, 0) is 0 Å². The second-order valence-corrected chi connectivity index (χ2v) is 5.76. The first kappa shape index (κ1) is 13.2. The largest absolute Gasteiger partial charge is 0.300 e. The Morgan fingerprint density at radius 1 is 1.40 bits per heavy atom. The lowest BCUT2D eigenvalue weighted by molar-refractivity contribution is 0.112. The molecule has 20 heavy (non-hydrogen) atoms. The van der Waals surface area contributed by atoms with Crippen molar-refractivity contribution in [2.75, 3.05) is 13.1 Å². The molecule has 5 nitrogen and oxygen atoms in total. The highest BCUT2D eigenvalue weighted by molar-refractivity contribution is 5.83. The van der Waals surface area contributed by atoms with Gasteiger partial charge in [-0.3, -0.25) is 9.20 Å². The maximum Gasteiger partial charge on any atom is 0.171 e. The van der Waals surface area contributed by atoms with Crippen molar-refractivity contribution in [3.8, 4) is 0 Å². The summed E-state index contributed by atoms with van der Waals surface area (Å²) < 4.78 is 1.97. The van der Waals surface area contributed by atoms with Crippen LogP contribution in [-0.4, -0.2) is 44.9 Å². The van der Waals surface area contributed by atoms with E-state index in [0.717, 1.165) is 31.6 Å². The average Bonchev–Trinajstić information content (AvgIpc) is 2.91. The SMILES string of the molecule is CC(C)N1CCCC(c2nnc3c(C=O)cccn23)C1. The number of pyridine rings is 1. The number of likely N-dealkylation sites (tertiary alicyclic amines) is 1. The third kappa shape index (κ3) is 2.22. The molecule has 0 aliphatic carbocycles. The van der Waals surface area contributed by atoms with Gasteiger partial charge in [0.15, 0.2) is 11.9 Å². The Bertz CT molecular complexity index is 619. The Morgan fingerprint density at radius 2 is 2.25 bits per heavy atom. The van der Waals surface area contributed by atoms with Crippen LogP contribution < -0.4 is 0 Å². The summed E-state index contributed by atoms with van der Waals surface area (Å²) in [6.07, 6.45) is 5.11. The summed E-state index contributed by atoms with van der Waals surface area (Å²) in [5.74, 6) is 1.37. The number of hydrogen-bond donors (Lipinski definition) is 0. The molecule has 1 aliphatic heterocycles. The summed E-state index contributed by atoms with van der Waals surface area (Å²) >= 11 is 0. The van der Waals surface area contributed by atoms with Crippen LogP contribution in [0, 0.1) is 0 Å². The highest BCUT2D eigenvalue weighted by Gasteiger charge is 2.26. The van der Waals surface area contributed by atoms with Crippen molar-refractivity contribution in [2.45, 2.75) is 38.6 Å². The van der Waals surface area contributed by atoms with E-state index in [1.807, 2.05) is 16.7 Å². The van der Waals surface area contributed by atoms with Gasteiger partial charge in [0.2, 0.25) is 0 Å². The Morgan fingerprint density at radius 3 is 3.00 bits per heavy atom. The van der Waals surface area contributed by atoms with Gasteiger partial charge in [0.05, 0.1) is 5.56 Å². The summed E-state index contributed by atoms with van der Waals surface area (Å²) in [5, 5.41) is 8.55. The molecule has 0 saturated carbocycles. The molecule has 5 heteroatoms. The van der Waals surface area contributed by atoms with E-state index in [-0.39, 0.29) is 0 Å². The minimum absolute atomic E-state index is 0.392. The molecule has 3 rings (SSSR count). The second kappa shape index (κ2) is 5.32. The number of aldehydes is 1. The standard InChI is InChI=1S/C15H20N4O/c1-11(2)18-7-3-5-12(9-18)14-16-17-15-13(10-20)6-4-8-19(14)15/h4,6,8,10-12H,3,5,7,9H2,1-2H3. The lowest BCUT2D eigenvalue weighted by Crippen LogP contribution is -2.39. The zero-order chi connectivity index (χ0) is 14.1. The van der Waals surface area contributed by atoms with E-state index in [9.17, 15) is 4.79 Å². The predicted octanol–water partition coefficient (Wildman–Crippen LogP) is 2.13. The highest BCUT2D eigenvalue weighted by Crippen LogP contribution is 2.27. The minimum atomic E-state index is 0.392. The van der Waals surface area contributed by atoms with Gasteiger partial charge in [-0.2, -0.15) is 0 Å². The number of fused-ring (bicyclic) bond motifs is 1. The van der Waals surface area contributed by atoms with Crippen LogP contribution in [0.3, 0.4) is 0 Å². The van der Waals surface area contributed by atoms with Crippen LogP contribution in [0.2, 0.25) is 0 Å². The average molecular weight is 272 g/mol. The van der Waals surface area contributed by atoms with Gasteiger partial charge in [-0.1, -0.05) is 0 Å². The highest BCUT2D eigenvalue weighted by atomic mass is 16.1. The lowest BCUT2D eigenvalue weighted by Gasteiger charge is -2.34. The maximum atomic E-state index is 11.1. The van der Waals surface area contributed by atoms with Crippen LogP contribution in [0.4, 0.5) is 0 Å². The lowest BCUT2D eigenvalue weighted by atomic mass is 9.96. The summed E-state index contributed by atoms with van der Waals surface area (Å²) in [7, 11) is 0. The summed E-state index contributed by atoms with van der Waals surface area (Å²) in [6, 6.07) is 4.22. The number of hydrogen-bond acceptors (Lipinski definition) is 4. The van der Waals surface area contributed by atoms with E-state index in [0.29, 0.717) is 23.2 Å². The van der Waals surface area contributed by atoms with E-state index >= 15 is 0 Å². The van der Waals surface area contributed by atoms with Gasteiger partial charge in [0.25, 0.3) is 0 Å². The molecule has 0 aromatic carbocycles. The van der Waals surface area contributed by atoms with Crippen molar-refractivity contribution in [3.05, 3.63) is 29.7 Å². The molecule has 2 aromatic rings. The van der Waals surface area contributed by atoms with Gasteiger partial charge in [-0.05, 0) is 45.4 Å². The molecule has 3 heterocycles. The molecule has 1 fully saturated rings. The molecular formula is C15H20N4O. The molecule has 2 aromatic heterocycles. The van der Waals surface area contributed by atoms with Crippen molar-refractivity contribution < 1.29 is 4.79 Å². The van der Waals surface area contributed by atoms with Crippen LogP contribution in [0.15, 0.2) is 18.3 Å². The van der Waals surface area contributed by atoms with Crippen LogP contribution in [0.5, 0.6) is 0 Å². The number of piperidine rings is 1. The topological polar surface area (TPSA) is 50.5 Å². The predicted molar refractivity (Wildman–Crippen MR) is 77.1 cm³/mol. The number of aromatic nitrogens is 3. The van der Waals surface area contributed by atoms with Crippen molar-refractivity contribution in [1.82, 2.24) is 19.5 Å². The van der Waals surface area contributed by atoms with Gasteiger partial charge in [-0.25, -0.2) is 0 Å². The molecule has 0 radical (unpaired) electrons. The molecule has 1 atom stereocenters. The van der Waals surface area contributed by atoms with Crippen LogP contribution in [0.1, 0.15) is 48.8 Å². The van der Waals surface area contributed by atoms with Crippen molar-refractivity contribution in [3.63, 3.8) is 0 Å². The van der Waals surface area contributed by atoms with E-state index in [2.05, 4.69) is 28.9 Å². The molecule has 1 unspecified atom stereocenters. The molecule has 1 aliphatic rings. The van der Waals surface area contributed by atoms with Crippen molar-refractivity contribution in [1.29, 1.82) is 0 Å². The summed E-state index contributed by atoms with van der Waals surface area (Å²) in [5.41, 5.74) is 1.27. The normalized spacial score (nSPS) is 20.6. The number of carbonyl (C=O) groups excluding carboxylic acids is 1. The monoisotopic (exact) mass is 272 g/mol. The smallest absolute Gasteiger partial charge is 0.171 e. The Labute approximate surface area is 118 Å². The van der Waals surface area contributed by atoms with Crippen molar-refractivity contribution in [2.24, 2.45) is 0 Å². The van der Waals surface area contributed by atoms with Gasteiger partial charge < -0.3 is 4.90 Å². The fourth-order valence-electron chi connectivity index (χ4n) is 3.01. The van der Waals surface area contributed by atoms with Gasteiger partial charge in [0.1, 0.15) is 5.82 Å². The molecule has 1 saturated heterocycles. The first-order valence-electron chi connectivity index (χ1n) is 7.23. The van der Waals surface area contributed by atoms with E-state index < -0.39 is 0 Å². The summed E-state index contributed by atoms with van der Waals surface area (Å²) in [6.45, 7) is 6.64. The first-order valence-corrected chi connectivity index (χ1v) is 7.23. The zero-order valence-electron chi connectivity index (χ0n) is 12.0. The number of carbonyl (C=O) groups is 1. The fourth-order valence-corrected chi connectivity index (χ4v) is 3.01. The van der Waals surface area contributed by atoms with Crippen LogP contribution in [0.25, 0.3) is 5.65 Å². The first-order chi connectivity index (χ1) is 9.70. The summed E-state index contributed by atoms with van der Waals surface area (Å²) in [4.78, 5) is 13.5. The van der Waals surface area contributed by atoms with E-state index in [1.54, 1.807) is 6.07 Å². The number of rotatable bonds is 3. The van der Waals surface area contributed by atoms with E-state index in [1.165, 1.54) is 6.42 Å². The second-order valence-electron chi connectivity index (χ2n) is 5.76. The molecular weight excluding hydrogens is 252 g/mol. The Balaban J connectivity index is 1.96. The van der Waals surface area contributed by atoms with Crippen LogP contribution >= 0.6 is 0 Å². The van der Waals surface area contributed by atoms with Gasteiger partial charge in [0, 0.05) is 24.7 Å². The fraction of sp³-hybridized carbons (Fsp3) is 0.533. The molecule has 106 valence electrons. The molecule has 0 N–H and O–H groups in total. The van der Waals surface area contributed by atoms with Gasteiger partial charge >= 0.3 is 0 Å². The van der Waals surface area contributed by atoms with Crippen molar-refractivity contribution >= 4 is 11.9 Å². The molecule has 0 amide bonds. The van der Waals surface area contributed by atoms with Gasteiger partial charge in [-0.15, -0.1) is 10.2 Å². The number of nitrogens with zero attached hydrogens (tertiary/aromatic N) is 4. The Hall–Kier alpha value is -1.75. The molecule has 0 bridgehead atoms. The van der Waals surface area contributed by atoms with E-state index in [4.69, 9.17) is 0 Å². The third-order valence-corrected chi connectivity index (χ3v) is 4.17. The third-order valence-electron chi connectivity index (χ3n) is 4.17. The Kier molecular flexibility index (Phi) is 3.53. The molecule has 0 spiro atoms. The quantitative estimate of drug-likeness (QED) is 0.803. The minimum Gasteiger partial charge on any atom is -0.300 e. The maximum absolute atomic E-state index is 11.1. The zero-order valence-corrected chi connectivity index (χ0v) is 12.0.